The smallest absolute Gasteiger partial charge is 0.322 e. The normalized spacial score (nSPS) is 10.5. The molecule has 0 radical (unpaired) electrons. The Labute approximate surface area is 187 Å². The number of nitrogens with zero attached hydrogens (tertiary/aromatic N) is 1. The minimum atomic E-state index is -0.467. The van der Waals surface area contributed by atoms with Crippen molar-refractivity contribution in [2.75, 3.05) is 16.0 Å². The summed E-state index contributed by atoms with van der Waals surface area (Å²) in [5.41, 5.74) is 3.23. The molecule has 7 nitrogen and oxygen atoms in total. The van der Waals surface area contributed by atoms with Gasteiger partial charge in [-0.1, -0.05) is 35.9 Å². The largest absolute Gasteiger partial charge is 0.324 e. The molecular formula is C22H18ClN5O2S. The van der Waals surface area contributed by atoms with E-state index in [1.165, 1.54) is 11.3 Å². The Morgan fingerprint density at radius 3 is 2.52 bits per heavy atom. The fourth-order valence-electron chi connectivity index (χ4n) is 2.86. The van der Waals surface area contributed by atoms with Crippen LogP contribution in [0.5, 0.6) is 0 Å². The summed E-state index contributed by atoms with van der Waals surface area (Å²) < 4.78 is 0.670. The number of aromatic amines is 1. The molecule has 31 heavy (non-hydrogen) atoms. The van der Waals surface area contributed by atoms with Gasteiger partial charge in [0.1, 0.15) is 0 Å². The van der Waals surface area contributed by atoms with Crippen LogP contribution < -0.4 is 16.0 Å². The van der Waals surface area contributed by atoms with Crippen LogP contribution in [-0.2, 0) is 0 Å². The fraction of sp³-hybridized carbons (Fsp3) is 0.0455. The van der Waals surface area contributed by atoms with E-state index in [4.69, 9.17) is 11.6 Å². The third-order valence-electron chi connectivity index (χ3n) is 4.44. The number of H-pyrrole nitrogens is 1. The molecule has 0 aliphatic carbocycles. The molecule has 9 heteroatoms. The molecule has 2 aromatic heterocycles. The van der Waals surface area contributed by atoms with Crippen LogP contribution in [0.15, 0.2) is 66.7 Å². The Kier molecular flexibility index (Phi) is 6.01. The number of para-hydroxylation sites is 1. The molecule has 2 aromatic carbocycles. The maximum Gasteiger partial charge on any atom is 0.324 e. The maximum absolute atomic E-state index is 12.5. The molecule has 156 valence electrons. The zero-order chi connectivity index (χ0) is 21.8. The summed E-state index contributed by atoms with van der Waals surface area (Å²) in [6.07, 6.45) is 0. The van der Waals surface area contributed by atoms with E-state index in [1.54, 1.807) is 42.5 Å². The lowest BCUT2D eigenvalue weighted by Crippen LogP contribution is -2.21. The van der Waals surface area contributed by atoms with Gasteiger partial charge in [-0.2, -0.15) is 5.10 Å². The number of aryl methyl sites for hydroxylation is 1. The lowest BCUT2D eigenvalue weighted by atomic mass is 10.1. The number of benzene rings is 2. The number of carbonyl (C=O) groups excluding carboxylic acids is 2. The lowest BCUT2D eigenvalue weighted by molar-refractivity contribution is 0.102. The maximum atomic E-state index is 12.5. The molecule has 4 aromatic rings. The molecule has 0 fully saturated rings. The SMILES string of the molecule is Cc1ccc(C(=O)Nc2ccccc2)cc1NC(=O)Nc1cc(-c2ccc(Cl)s2)[nH]n1. The predicted octanol–water partition coefficient (Wildman–Crippen LogP) is 6.00. The topological polar surface area (TPSA) is 98.9 Å². The second-order valence-corrected chi connectivity index (χ2v) is 8.41. The Bertz CT molecular complexity index is 1240. The van der Waals surface area contributed by atoms with Crippen LogP contribution in [0.2, 0.25) is 4.34 Å². The molecule has 0 atom stereocenters. The number of nitrogens with one attached hydrogen (secondary N) is 4. The van der Waals surface area contributed by atoms with Crippen molar-refractivity contribution in [3.8, 4) is 10.6 Å². The highest BCUT2D eigenvalue weighted by Crippen LogP contribution is 2.30. The highest BCUT2D eigenvalue weighted by molar-refractivity contribution is 7.19. The van der Waals surface area contributed by atoms with Gasteiger partial charge in [-0.25, -0.2) is 4.79 Å². The van der Waals surface area contributed by atoms with Crippen molar-refractivity contribution < 1.29 is 9.59 Å². The zero-order valence-corrected chi connectivity index (χ0v) is 18.0. The van der Waals surface area contributed by atoms with Crippen molar-refractivity contribution in [1.29, 1.82) is 0 Å². The van der Waals surface area contributed by atoms with Gasteiger partial charge < -0.3 is 10.6 Å². The number of amides is 3. The van der Waals surface area contributed by atoms with Crippen LogP contribution in [0.3, 0.4) is 0 Å². The van der Waals surface area contributed by atoms with Crippen LogP contribution in [-0.4, -0.2) is 22.1 Å². The zero-order valence-electron chi connectivity index (χ0n) is 16.4. The first kappa shape index (κ1) is 20.6. The van der Waals surface area contributed by atoms with E-state index in [0.717, 1.165) is 16.1 Å². The number of aromatic nitrogens is 2. The number of rotatable bonds is 5. The standard InChI is InChI=1S/C22H18ClN5O2S/c1-13-7-8-14(21(29)24-15-5-3-2-4-6-15)11-16(13)25-22(30)26-20-12-17(27-28-20)18-9-10-19(23)31-18/h2-12H,1H3,(H,24,29)(H3,25,26,27,28,30). The van der Waals surface area contributed by atoms with Crippen molar-refractivity contribution in [3.63, 3.8) is 0 Å². The number of urea groups is 1. The molecule has 0 unspecified atom stereocenters. The van der Waals surface area contributed by atoms with Crippen LogP contribution in [0.25, 0.3) is 10.6 Å². The number of hydrogen-bond donors (Lipinski definition) is 4. The minimum absolute atomic E-state index is 0.263. The van der Waals surface area contributed by atoms with E-state index in [1.807, 2.05) is 31.2 Å². The van der Waals surface area contributed by atoms with Crippen LogP contribution in [0.1, 0.15) is 15.9 Å². The fourth-order valence-corrected chi connectivity index (χ4v) is 3.87. The average Bonchev–Trinajstić information content (AvgIpc) is 3.39. The van der Waals surface area contributed by atoms with Gasteiger partial charge in [-0.3, -0.25) is 15.2 Å². The molecule has 0 bridgehead atoms. The summed E-state index contributed by atoms with van der Waals surface area (Å²) in [7, 11) is 0. The van der Waals surface area contributed by atoms with Gasteiger partial charge in [0.15, 0.2) is 5.82 Å². The molecular weight excluding hydrogens is 434 g/mol. The number of anilines is 3. The summed E-state index contributed by atoms with van der Waals surface area (Å²) in [4.78, 5) is 25.9. The van der Waals surface area contributed by atoms with E-state index in [2.05, 4.69) is 26.1 Å². The second kappa shape index (κ2) is 9.03. The van der Waals surface area contributed by atoms with Gasteiger partial charge >= 0.3 is 6.03 Å². The number of halogens is 1. The molecule has 0 spiro atoms. The first-order valence-electron chi connectivity index (χ1n) is 9.34. The first-order valence-corrected chi connectivity index (χ1v) is 10.5. The highest BCUT2D eigenvalue weighted by Gasteiger charge is 2.12. The Morgan fingerprint density at radius 2 is 1.77 bits per heavy atom. The molecule has 0 saturated carbocycles. The van der Waals surface area contributed by atoms with E-state index < -0.39 is 6.03 Å². The van der Waals surface area contributed by atoms with Crippen molar-refractivity contribution in [2.24, 2.45) is 0 Å². The second-order valence-electron chi connectivity index (χ2n) is 6.70. The molecule has 4 rings (SSSR count). The van der Waals surface area contributed by atoms with Crippen molar-refractivity contribution in [1.82, 2.24) is 10.2 Å². The van der Waals surface area contributed by atoms with Gasteiger partial charge in [-0.15, -0.1) is 11.3 Å². The Balaban J connectivity index is 1.43. The van der Waals surface area contributed by atoms with E-state index >= 15 is 0 Å². The van der Waals surface area contributed by atoms with Crippen molar-refractivity contribution >= 4 is 52.1 Å². The van der Waals surface area contributed by atoms with Gasteiger partial charge in [-0.05, 0) is 48.9 Å². The highest BCUT2D eigenvalue weighted by atomic mass is 35.5. The van der Waals surface area contributed by atoms with Gasteiger partial charge in [0.05, 0.1) is 14.9 Å². The van der Waals surface area contributed by atoms with Gasteiger partial charge in [0.2, 0.25) is 0 Å². The van der Waals surface area contributed by atoms with Crippen molar-refractivity contribution in [2.45, 2.75) is 6.92 Å². The first-order chi connectivity index (χ1) is 15.0. The monoisotopic (exact) mass is 451 g/mol. The third kappa shape index (κ3) is 5.11. The van der Waals surface area contributed by atoms with Crippen LogP contribution >= 0.6 is 22.9 Å². The number of hydrogen-bond acceptors (Lipinski definition) is 4. The molecule has 3 amide bonds. The Hall–Kier alpha value is -3.62. The van der Waals surface area contributed by atoms with E-state index in [9.17, 15) is 9.59 Å². The number of thiophene rings is 1. The minimum Gasteiger partial charge on any atom is -0.322 e. The molecule has 0 aliphatic rings. The summed E-state index contributed by atoms with van der Waals surface area (Å²) in [5.74, 6) is 0.105. The van der Waals surface area contributed by atoms with Crippen LogP contribution in [0, 0.1) is 6.92 Å². The van der Waals surface area contributed by atoms with Crippen molar-refractivity contribution in [3.05, 3.63) is 82.2 Å². The van der Waals surface area contributed by atoms with E-state index in [-0.39, 0.29) is 5.91 Å². The average molecular weight is 452 g/mol. The van der Waals surface area contributed by atoms with Gasteiger partial charge in [0.25, 0.3) is 5.91 Å². The van der Waals surface area contributed by atoms with Gasteiger partial charge in [0, 0.05) is 23.0 Å². The molecule has 4 N–H and O–H groups in total. The molecule has 0 saturated heterocycles. The summed E-state index contributed by atoms with van der Waals surface area (Å²) in [6.45, 7) is 1.85. The summed E-state index contributed by atoms with van der Waals surface area (Å²) in [6, 6.07) is 19.2. The summed E-state index contributed by atoms with van der Waals surface area (Å²) >= 11 is 7.37. The number of carbonyl (C=O) groups is 2. The van der Waals surface area contributed by atoms with Crippen LogP contribution in [0.4, 0.5) is 22.0 Å². The quantitative estimate of drug-likeness (QED) is 0.299. The third-order valence-corrected chi connectivity index (χ3v) is 5.70. The summed E-state index contributed by atoms with van der Waals surface area (Å²) in [5, 5.41) is 15.2. The lowest BCUT2D eigenvalue weighted by Gasteiger charge is -2.11. The van der Waals surface area contributed by atoms with E-state index in [0.29, 0.717) is 27.1 Å². The Morgan fingerprint density at radius 1 is 0.968 bits per heavy atom. The predicted molar refractivity (Wildman–Crippen MR) is 125 cm³/mol. The molecule has 0 aliphatic heterocycles. The molecule has 2 heterocycles.